The lowest BCUT2D eigenvalue weighted by atomic mass is 10.2. The average molecular weight is 247 g/mol. The highest BCUT2D eigenvalue weighted by molar-refractivity contribution is 6.17. The molecule has 0 aromatic rings. The quantitative estimate of drug-likeness (QED) is 0.718. The second-order valence-corrected chi connectivity index (χ2v) is 4.60. The molecule has 0 bridgehead atoms. The molecule has 0 radical (unpaired) electrons. The summed E-state index contributed by atoms with van der Waals surface area (Å²) in [5, 5.41) is 0. The maximum atomic E-state index is 11.9. The van der Waals surface area contributed by atoms with Gasteiger partial charge < -0.3 is 10.6 Å². The number of amides is 2. The van der Waals surface area contributed by atoms with Crippen LogP contribution in [0.3, 0.4) is 0 Å². The summed E-state index contributed by atoms with van der Waals surface area (Å²) in [7, 11) is 0. The molecule has 0 saturated heterocycles. The monoisotopic (exact) mass is 246 g/mol. The van der Waals surface area contributed by atoms with E-state index in [2.05, 4.69) is 0 Å². The minimum atomic E-state index is -0.439. The zero-order valence-corrected chi connectivity index (χ0v) is 10.2. The molecule has 0 aromatic carbocycles. The maximum absolute atomic E-state index is 11.9. The Labute approximate surface area is 101 Å². The first kappa shape index (κ1) is 13.3. The van der Waals surface area contributed by atoms with Crippen LogP contribution in [-0.2, 0) is 9.59 Å². The molecule has 2 N–H and O–H groups in total. The smallest absolute Gasteiger partial charge is 0.237 e. The van der Waals surface area contributed by atoms with Crippen molar-refractivity contribution in [2.45, 2.75) is 44.6 Å². The first-order valence-electron chi connectivity index (χ1n) is 5.79. The van der Waals surface area contributed by atoms with E-state index >= 15 is 0 Å². The van der Waals surface area contributed by atoms with Gasteiger partial charge in [0.2, 0.25) is 11.8 Å². The number of carbonyl (C=O) groups is 2. The molecule has 92 valence electrons. The molecular formula is C11H19ClN2O2. The van der Waals surface area contributed by atoms with E-state index in [4.69, 9.17) is 17.3 Å². The van der Waals surface area contributed by atoms with Crippen LogP contribution >= 0.6 is 11.6 Å². The number of nitrogens with zero attached hydrogens (tertiary/aromatic N) is 1. The van der Waals surface area contributed by atoms with E-state index in [-0.39, 0.29) is 18.5 Å². The van der Waals surface area contributed by atoms with Crippen LogP contribution < -0.4 is 5.73 Å². The standard InChI is InChI=1S/C11H19ClN2O2/c12-7-3-6-11(16)14(8-10(13)15)9-4-1-2-5-9/h9H,1-8H2,(H2,13,15). The number of alkyl halides is 1. The Balaban J connectivity index is 2.54. The van der Waals surface area contributed by atoms with Gasteiger partial charge >= 0.3 is 0 Å². The van der Waals surface area contributed by atoms with Crippen LogP contribution in [-0.4, -0.2) is 35.2 Å². The van der Waals surface area contributed by atoms with Crippen molar-refractivity contribution < 1.29 is 9.59 Å². The molecule has 0 spiro atoms. The Hall–Kier alpha value is -0.770. The van der Waals surface area contributed by atoms with E-state index in [9.17, 15) is 9.59 Å². The normalized spacial score (nSPS) is 16.3. The van der Waals surface area contributed by atoms with Crippen molar-refractivity contribution in [2.75, 3.05) is 12.4 Å². The molecule has 1 aliphatic rings. The molecular weight excluding hydrogens is 228 g/mol. The number of carbonyl (C=O) groups excluding carboxylic acids is 2. The van der Waals surface area contributed by atoms with E-state index in [0.29, 0.717) is 18.7 Å². The maximum Gasteiger partial charge on any atom is 0.237 e. The fourth-order valence-electron chi connectivity index (χ4n) is 2.17. The summed E-state index contributed by atoms with van der Waals surface area (Å²) >= 11 is 5.55. The molecule has 5 heteroatoms. The summed E-state index contributed by atoms with van der Waals surface area (Å²) in [4.78, 5) is 24.5. The second kappa shape index (κ2) is 6.74. The summed E-state index contributed by atoms with van der Waals surface area (Å²) in [6, 6.07) is 0.204. The zero-order valence-electron chi connectivity index (χ0n) is 9.45. The number of primary amides is 1. The Morgan fingerprint density at radius 1 is 1.31 bits per heavy atom. The number of nitrogens with two attached hydrogens (primary N) is 1. The van der Waals surface area contributed by atoms with Crippen LogP contribution in [0.15, 0.2) is 0 Å². The van der Waals surface area contributed by atoms with Crippen molar-refractivity contribution in [3.8, 4) is 0 Å². The van der Waals surface area contributed by atoms with Crippen molar-refractivity contribution in [2.24, 2.45) is 5.73 Å². The van der Waals surface area contributed by atoms with E-state index in [1.54, 1.807) is 4.90 Å². The Morgan fingerprint density at radius 3 is 2.44 bits per heavy atom. The molecule has 0 aliphatic heterocycles. The minimum Gasteiger partial charge on any atom is -0.368 e. The highest BCUT2D eigenvalue weighted by Gasteiger charge is 2.27. The highest BCUT2D eigenvalue weighted by Crippen LogP contribution is 2.24. The molecule has 0 heterocycles. The molecule has 1 aliphatic carbocycles. The van der Waals surface area contributed by atoms with Gasteiger partial charge in [0, 0.05) is 18.3 Å². The van der Waals surface area contributed by atoms with E-state index in [1.165, 1.54) is 0 Å². The molecule has 1 fully saturated rings. The average Bonchev–Trinajstić information content (AvgIpc) is 2.75. The Kier molecular flexibility index (Phi) is 5.60. The van der Waals surface area contributed by atoms with Crippen LogP contribution in [0, 0.1) is 0 Å². The number of rotatable bonds is 6. The molecule has 0 atom stereocenters. The predicted octanol–water partition coefficient (Wildman–Crippen LogP) is 1.26. The summed E-state index contributed by atoms with van der Waals surface area (Å²) in [6.07, 6.45) is 5.29. The highest BCUT2D eigenvalue weighted by atomic mass is 35.5. The lowest BCUT2D eigenvalue weighted by Gasteiger charge is -2.27. The predicted molar refractivity (Wildman–Crippen MR) is 63.1 cm³/mol. The third kappa shape index (κ3) is 4.00. The Morgan fingerprint density at radius 2 is 1.94 bits per heavy atom. The zero-order chi connectivity index (χ0) is 12.0. The van der Waals surface area contributed by atoms with Crippen LogP contribution in [0.25, 0.3) is 0 Å². The van der Waals surface area contributed by atoms with Gasteiger partial charge in [-0.25, -0.2) is 0 Å². The van der Waals surface area contributed by atoms with Gasteiger partial charge in [-0.1, -0.05) is 12.8 Å². The number of hydrogen-bond acceptors (Lipinski definition) is 2. The minimum absolute atomic E-state index is 0.00588. The lowest BCUT2D eigenvalue weighted by molar-refractivity contribution is -0.137. The molecule has 1 saturated carbocycles. The number of halogens is 1. The number of hydrogen-bond donors (Lipinski definition) is 1. The lowest BCUT2D eigenvalue weighted by Crippen LogP contribution is -2.44. The first-order chi connectivity index (χ1) is 7.65. The fourth-order valence-corrected chi connectivity index (χ4v) is 2.30. The largest absolute Gasteiger partial charge is 0.368 e. The third-order valence-electron chi connectivity index (χ3n) is 2.94. The molecule has 1 rings (SSSR count). The van der Waals surface area contributed by atoms with Crippen LogP contribution in [0.2, 0.25) is 0 Å². The summed E-state index contributed by atoms with van der Waals surface area (Å²) < 4.78 is 0. The summed E-state index contributed by atoms with van der Waals surface area (Å²) in [5.74, 6) is 0.0401. The van der Waals surface area contributed by atoms with Gasteiger partial charge in [-0.3, -0.25) is 9.59 Å². The van der Waals surface area contributed by atoms with Crippen LogP contribution in [0.4, 0.5) is 0 Å². The molecule has 0 aromatic heterocycles. The van der Waals surface area contributed by atoms with Gasteiger partial charge in [-0.15, -0.1) is 11.6 Å². The van der Waals surface area contributed by atoms with Crippen molar-refractivity contribution in [1.29, 1.82) is 0 Å². The van der Waals surface area contributed by atoms with Crippen molar-refractivity contribution in [3.05, 3.63) is 0 Å². The topological polar surface area (TPSA) is 63.4 Å². The van der Waals surface area contributed by atoms with Gasteiger partial charge in [-0.05, 0) is 19.3 Å². The molecule has 2 amide bonds. The third-order valence-corrected chi connectivity index (χ3v) is 3.20. The molecule has 4 nitrogen and oxygen atoms in total. The summed E-state index contributed by atoms with van der Waals surface area (Å²) in [6.45, 7) is 0.0474. The van der Waals surface area contributed by atoms with Gasteiger partial charge in [0.1, 0.15) is 0 Å². The van der Waals surface area contributed by atoms with E-state index in [0.717, 1.165) is 25.7 Å². The van der Waals surface area contributed by atoms with Gasteiger partial charge in [0.25, 0.3) is 0 Å². The second-order valence-electron chi connectivity index (χ2n) is 4.22. The van der Waals surface area contributed by atoms with Gasteiger partial charge in [-0.2, -0.15) is 0 Å². The molecule has 16 heavy (non-hydrogen) atoms. The first-order valence-corrected chi connectivity index (χ1v) is 6.32. The Bertz CT molecular complexity index is 252. The SMILES string of the molecule is NC(=O)CN(C(=O)CCCCl)C1CCCC1. The fraction of sp³-hybridized carbons (Fsp3) is 0.818. The molecule has 0 unspecified atom stereocenters. The summed E-state index contributed by atoms with van der Waals surface area (Å²) in [5.41, 5.74) is 5.17. The van der Waals surface area contributed by atoms with Crippen molar-refractivity contribution in [1.82, 2.24) is 4.90 Å². The van der Waals surface area contributed by atoms with Crippen LogP contribution in [0.1, 0.15) is 38.5 Å². The van der Waals surface area contributed by atoms with Crippen molar-refractivity contribution in [3.63, 3.8) is 0 Å². The van der Waals surface area contributed by atoms with Crippen molar-refractivity contribution >= 4 is 23.4 Å². The van der Waals surface area contributed by atoms with E-state index < -0.39 is 5.91 Å². The van der Waals surface area contributed by atoms with Gasteiger partial charge in [0.15, 0.2) is 0 Å². The van der Waals surface area contributed by atoms with Gasteiger partial charge in [0.05, 0.1) is 6.54 Å². The van der Waals surface area contributed by atoms with Crippen LogP contribution in [0.5, 0.6) is 0 Å². The van der Waals surface area contributed by atoms with E-state index in [1.807, 2.05) is 0 Å².